The second-order valence-corrected chi connectivity index (χ2v) is 9.14. The fraction of sp³-hybridized carbons (Fsp3) is 0.250. The number of benzene rings is 2. The van der Waals surface area contributed by atoms with Crippen molar-refractivity contribution in [2.24, 2.45) is 0 Å². The molecule has 1 saturated heterocycles. The van der Waals surface area contributed by atoms with Crippen LogP contribution < -0.4 is 15.8 Å². The molecule has 1 amide bonds. The van der Waals surface area contributed by atoms with E-state index in [0.29, 0.717) is 36.8 Å². The van der Waals surface area contributed by atoms with Gasteiger partial charge in [-0.15, -0.1) is 0 Å². The standard InChI is InChI=1S/C28H29N5O2/c1-18-15-33(16-19(2)32-18)28(34)22-10-8-20(9-11-22)24-13-25(27(29)31-14-24)35-17-23-6-3-5-21-7-4-12-30-26(21)23/h3-14,18-19,32H,15-17H2,1-2H3,(H2,29,31). The smallest absolute Gasteiger partial charge is 0.253 e. The van der Waals surface area contributed by atoms with Gasteiger partial charge in [-0.05, 0) is 43.7 Å². The normalized spacial score (nSPS) is 17.9. The Morgan fingerprint density at radius 2 is 1.77 bits per heavy atom. The highest BCUT2D eigenvalue weighted by molar-refractivity contribution is 5.95. The van der Waals surface area contributed by atoms with Crippen LogP contribution in [0.25, 0.3) is 22.0 Å². The zero-order valence-corrected chi connectivity index (χ0v) is 19.9. The highest BCUT2D eigenvalue weighted by Gasteiger charge is 2.25. The third-order valence-electron chi connectivity index (χ3n) is 6.29. The van der Waals surface area contributed by atoms with Gasteiger partial charge in [0.05, 0.1) is 5.52 Å². The SMILES string of the molecule is CC1CN(C(=O)c2ccc(-c3cnc(N)c(OCc4cccc5cccnc45)c3)cc2)CC(C)N1. The molecule has 2 atom stereocenters. The van der Waals surface area contributed by atoms with Crippen LogP contribution in [0.4, 0.5) is 5.82 Å². The van der Waals surface area contributed by atoms with E-state index < -0.39 is 0 Å². The second-order valence-electron chi connectivity index (χ2n) is 9.14. The van der Waals surface area contributed by atoms with Gasteiger partial charge in [0.25, 0.3) is 5.91 Å². The molecule has 0 saturated carbocycles. The first-order valence-corrected chi connectivity index (χ1v) is 11.8. The highest BCUT2D eigenvalue weighted by atomic mass is 16.5. The Morgan fingerprint density at radius 3 is 2.54 bits per heavy atom. The number of nitrogens with one attached hydrogen (secondary N) is 1. The van der Waals surface area contributed by atoms with Crippen molar-refractivity contribution in [2.75, 3.05) is 18.8 Å². The molecular weight excluding hydrogens is 438 g/mol. The molecule has 0 spiro atoms. The van der Waals surface area contributed by atoms with Crippen molar-refractivity contribution in [3.05, 3.63) is 84.2 Å². The van der Waals surface area contributed by atoms with E-state index in [1.807, 2.05) is 65.6 Å². The van der Waals surface area contributed by atoms with Crippen molar-refractivity contribution in [1.29, 1.82) is 0 Å². The number of nitrogen functional groups attached to an aromatic ring is 1. The Bertz CT molecular complexity index is 1340. The van der Waals surface area contributed by atoms with Gasteiger partial charge >= 0.3 is 0 Å². The van der Waals surface area contributed by atoms with Crippen molar-refractivity contribution >= 4 is 22.6 Å². The van der Waals surface area contributed by atoms with E-state index >= 15 is 0 Å². The summed E-state index contributed by atoms with van der Waals surface area (Å²) in [6.45, 7) is 5.95. The molecule has 2 aromatic heterocycles. The van der Waals surface area contributed by atoms with E-state index in [4.69, 9.17) is 10.5 Å². The van der Waals surface area contributed by atoms with Crippen LogP contribution in [0.1, 0.15) is 29.8 Å². The monoisotopic (exact) mass is 467 g/mol. The zero-order chi connectivity index (χ0) is 24.4. The molecule has 0 aliphatic carbocycles. The van der Waals surface area contributed by atoms with E-state index in [0.717, 1.165) is 27.6 Å². The number of hydrogen-bond donors (Lipinski definition) is 2. The first-order valence-electron chi connectivity index (χ1n) is 11.8. The maximum absolute atomic E-state index is 13.0. The van der Waals surface area contributed by atoms with Crippen molar-refractivity contribution in [2.45, 2.75) is 32.5 Å². The van der Waals surface area contributed by atoms with Gasteiger partial charge in [0.1, 0.15) is 6.61 Å². The van der Waals surface area contributed by atoms with Gasteiger partial charge in [-0.1, -0.05) is 36.4 Å². The molecule has 178 valence electrons. The molecule has 3 N–H and O–H groups in total. The number of aromatic nitrogens is 2. The van der Waals surface area contributed by atoms with Crippen molar-refractivity contribution in [3.63, 3.8) is 0 Å². The first kappa shape index (κ1) is 22.8. The molecule has 1 aliphatic heterocycles. The van der Waals surface area contributed by atoms with Gasteiger partial charge in [-0.2, -0.15) is 0 Å². The predicted octanol–water partition coefficient (Wildman–Crippen LogP) is 4.28. The van der Waals surface area contributed by atoms with Crippen LogP contribution in [0.3, 0.4) is 0 Å². The predicted molar refractivity (Wildman–Crippen MR) is 138 cm³/mol. The maximum Gasteiger partial charge on any atom is 0.253 e. The minimum atomic E-state index is 0.0555. The summed E-state index contributed by atoms with van der Waals surface area (Å²) in [4.78, 5) is 23.7. The number of anilines is 1. The van der Waals surface area contributed by atoms with Crippen LogP contribution >= 0.6 is 0 Å². The number of para-hydroxylation sites is 1. The number of fused-ring (bicyclic) bond motifs is 1. The number of nitrogens with two attached hydrogens (primary N) is 1. The van der Waals surface area contributed by atoms with Crippen LogP contribution in [0.5, 0.6) is 5.75 Å². The molecule has 7 nitrogen and oxygen atoms in total. The average Bonchev–Trinajstić information content (AvgIpc) is 2.87. The Balaban J connectivity index is 1.32. The van der Waals surface area contributed by atoms with Crippen molar-refractivity contribution in [3.8, 4) is 16.9 Å². The molecule has 0 bridgehead atoms. The summed E-state index contributed by atoms with van der Waals surface area (Å²) in [6.07, 6.45) is 3.50. The van der Waals surface area contributed by atoms with Gasteiger partial charge < -0.3 is 20.7 Å². The van der Waals surface area contributed by atoms with Crippen molar-refractivity contribution in [1.82, 2.24) is 20.2 Å². The zero-order valence-electron chi connectivity index (χ0n) is 19.9. The Kier molecular flexibility index (Phi) is 6.33. The quantitative estimate of drug-likeness (QED) is 0.455. The Morgan fingerprint density at radius 1 is 1.03 bits per heavy atom. The molecule has 0 radical (unpaired) electrons. The van der Waals surface area contributed by atoms with Gasteiger partial charge in [0, 0.05) is 59.6 Å². The van der Waals surface area contributed by atoms with Gasteiger partial charge in [0.15, 0.2) is 11.6 Å². The molecule has 35 heavy (non-hydrogen) atoms. The summed E-state index contributed by atoms with van der Waals surface area (Å²) in [5, 5.41) is 4.52. The molecule has 2 unspecified atom stereocenters. The lowest BCUT2D eigenvalue weighted by atomic mass is 10.0. The molecule has 5 rings (SSSR count). The molecule has 7 heteroatoms. The number of amides is 1. The van der Waals surface area contributed by atoms with E-state index in [-0.39, 0.29) is 18.0 Å². The summed E-state index contributed by atoms with van der Waals surface area (Å²) in [6, 6.07) is 20.0. The summed E-state index contributed by atoms with van der Waals surface area (Å²) in [5.74, 6) is 0.898. The number of piperazine rings is 1. The lowest BCUT2D eigenvalue weighted by molar-refractivity contribution is 0.0674. The second kappa shape index (κ2) is 9.72. The fourth-order valence-corrected chi connectivity index (χ4v) is 4.65. The average molecular weight is 468 g/mol. The van der Waals surface area contributed by atoms with Crippen LogP contribution in [-0.2, 0) is 6.61 Å². The minimum Gasteiger partial charge on any atom is -0.485 e. The molecule has 1 fully saturated rings. The van der Waals surface area contributed by atoms with Crippen LogP contribution in [0, 0.1) is 0 Å². The van der Waals surface area contributed by atoms with E-state index in [2.05, 4.69) is 29.1 Å². The summed E-state index contributed by atoms with van der Waals surface area (Å²) in [7, 11) is 0. The topological polar surface area (TPSA) is 93.4 Å². The van der Waals surface area contributed by atoms with Gasteiger partial charge in [0.2, 0.25) is 0 Å². The van der Waals surface area contributed by atoms with Crippen LogP contribution in [0.2, 0.25) is 0 Å². The lowest BCUT2D eigenvalue weighted by Crippen LogP contribution is -2.55. The lowest BCUT2D eigenvalue weighted by Gasteiger charge is -2.36. The Hall–Kier alpha value is -3.97. The van der Waals surface area contributed by atoms with E-state index in [1.165, 1.54) is 0 Å². The highest BCUT2D eigenvalue weighted by Crippen LogP contribution is 2.29. The van der Waals surface area contributed by atoms with Crippen LogP contribution in [0.15, 0.2) is 73.1 Å². The maximum atomic E-state index is 13.0. The molecule has 3 heterocycles. The molecular formula is C28H29N5O2. The number of hydrogen-bond acceptors (Lipinski definition) is 6. The van der Waals surface area contributed by atoms with Crippen LogP contribution in [-0.4, -0.2) is 45.9 Å². The van der Waals surface area contributed by atoms with Gasteiger partial charge in [-0.25, -0.2) is 4.98 Å². The number of nitrogens with zero attached hydrogens (tertiary/aromatic N) is 3. The minimum absolute atomic E-state index is 0.0555. The number of carbonyl (C=O) groups is 1. The summed E-state index contributed by atoms with van der Waals surface area (Å²) in [5.41, 5.74) is 10.5. The number of rotatable bonds is 5. The molecule has 2 aromatic carbocycles. The van der Waals surface area contributed by atoms with E-state index in [9.17, 15) is 4.79 Å². The summed E-state index contributed by atoms with van der Waals surface area (Å²) >= 11 is 0. The third kappa shape index (κ3) is 4.95. The molecule has 4 aromatic rings. The molecule has 1 aliphatic rings. The number of carbonyl (C=O) groups excluding carboxylic acids is 1. The number of ether oxygens (including phenoxy) is 1. The number of pyridine rings is 2. The third-order valence-corrected chi connectivity index (χ3v) is 6.29. The van der Waals surface area contributed by atoms with Gasteiger partial charge in [-0.3, -0.25) is 9.78 Å². The van der Waals surface area contributed by atoms with Crippen molar-refractivity contribution < 1.29 is 9.53 Å². The fourth-order valence-electron chi connectivity index (χ4n) is 4.65. The largest absolute Gasteiger partial charge is 0.485 e. The summed E-state index contributed by atoms with van der Waals surface area (Å²) < 4.78 is 6.06. The first-order chi connectivity index (χ1) is 17.0. The van der Waals surface area contributed by atoms with E-state index in [1.54, 1.807) is 12.4 Å². The Labute approximate surface area is 205 Å².